The molecule has 0 radical (unpaired) electrons. The van der Waals surface area contributed by atoms with Crippen LogP contribution in [0.5, 0.6) is 0 Å². The molecule has 4 rings (SSSR count). The molecule has 2 N–H and O–H groups in total. The second-order valence-electron chi connectivity index (χ2n) is 6.97. The number of halogens is 6. The molecule has 3 aromatic rings. The average molecular weight is 428 g/mol. The SMILES string of the molecule is Fc1ccc(-c2[nH]c3c(F)cc(F)cc3c2C2CCC2)cc1.O=CNCC(F)(F)F. The van der Waals surface area contributed by atoms with Gasteiger partial charge in [0.05, 0.1) is 11.2 Å². The Kier molecular flexibility index (Phi) is 6.38. The van der Waals surface area contributed by atoms with Crippen LogP contribution in [-0.4, -0.2) is 24.1 Å². The van der Waals surface area contributed by atoms with Gasteiger partial charge >= 0.3 is 6.18 Å². The van der Waals surface area contributed by atoms with E-state index in [2.05, 4.69) is 4.98 Å². The number of aromatic amines is 1. The standard InChI is InChI=1S/C18H14F3N.C3H4F3NO/c19-12-6-4-11(5-7-12)17-16(10-2-1-3-10)14-8-13(20)9-15(21)18(14)22-17;4-3(5,6)1-7-2-8/h4-10,22H,1-3H2;2H,1H2,(H,7,8). The predicted molar refractivity (Wildman–Crippen MR) is 100 cm³/mol. The quantitative estimate of drug-likeness (QED) is 0.400. The molecule has 0 saturated heterocycles. The van der Waals surface area contributed by atoms with Gasteiger partial charge in [-0.05, 0) is 60.2 Å². The lowest BCUT2D eigenvalue weighted by Gasteiger charge is -2.26. The van der Waals surface area contributed by atoms with E-state index in [4.69, 9.17) is 0 Å². The lowest BCUT2D eigenvalue weighted by molar-refractivity contribution is -0.132. The second kappa shape index (κ2) is 8.81. The fourth-order valence-corrected chi connectivity index (χ4v) is 3.36. The number of carbonyl (C=O) groups is 1. The number of benzene rings is 2. The van der Waals surface area contributed by atoms with Gasteiger partial charge in [-0.15, -0.1) is 0 Å². The summed E-state index contributed by atoms with van der Waals surface area (Å²) >= 11 is 0. The Labute approximate surface area is 168 Å². The zero-order valence-electron chi connectivity index (χ0n) is 15.6. The highest BCUT2D eigenvalue weighted by Crippen LogP contribution is 2.45. The molecule has 0 spiro atoms. The van der Waals surface area contributed by atoms with Crippen molar-refractivity contribution in [1.29, 1.82) is 0 Å². The molecule has 0 unspecified atom stereocenters. The van der Waals surface area contributed by atoms with E-state index in [-0.39, 0.29) is 12.2 Å². The van der Waals surface area contributed by atoms with Gasteiger partial charge < -0.3 is 10.3 Å². The second-order valence-corrected chi connectivity index (χ2v) is 6.97. The van der Waals surface area contributed by atoms with Crippen LogP contribution < -0.4 is 5.32 Å². The van der Waals surface area contributed by atoms with Crippen molar-refractivity contribution < 1.29 is 31.1 Å². The number of H-pyrrole nitrogens is 1. The summed E-state index contributed by atoms with van der Waals surface area (Å²) in [5.74, 6) is -1.18. The molecule has 1 aliphatic carbocycles. The molecule has 0 aliphatic heterocycles. The van der Waals surface area contributed by atoms with E-state index in [0.717, 1.165) is 42.1 Å². The maximum Gasteiger partial charge on any atom is 0.405 e. The number of carbonyl (C=O) groups excluding carboxylic acids is 1. The van der Waals surface area contributed by atoms with Crippen molar-refractivity contribution in [3.05, 3.63) is 59.4 Å². The van der Waals surface area contributed by atoms with Gasteiger partial charge in [0.15, 0.2) is 0 Å². The minimum Gasteiger partial charge on any atom is -0.352 e. The predicted octanol–water partition coefficient (Wildman–Crippen LogP) is 5.81. The molecule has 2 aromatic carbocycles. The van der Waals surface area contributed by atoms with E-state index < -0.39 is 24.4 Å². The highest BCUT2D eigenvalue weighted by molar-refractivity contribution is 5.92. The van der Waals surface area contributed by atoms with Crippen LogP contribution >= 0.6 is 0 Å². The molecule has 3 nitrogen and oxygen atoms in total. The maximum absolute atomic E-state index is 14.1. The van der Waals surface area contributed by atoms with Gasteiger partial charge in [0.1, 0.15) is 24.0 Å². The number of alkyl halides is 3. The Bertz CT molecular complexity index is 1020. The van der Waals surface area contributed by atoms with Crippen LogP contribution in [0, 0.1) is 17.5 Å². The number of hydrogen-bond acceptors (Lipinski definition) is 1. The number of fused-ring (bicyclic) bond motifs is 1. The Hall–Kier alpha value is -2.97. The average Bonchev–Trinajstić information content (AvgIpc) is 2.99. The van der Waals surface area contributed by atoms with Crippen LogP contribution in [0.2, 0.25) is 0 Å². The van der Waals surface area contributed by atoms with Crippen LogP contribution in [-0.2, 0) is 4.79 Å². The van der Waals surface area contributed by atoms with Gasteiger partial charge in [0.25, 0.3) is 0 Å². The summed E-state index contributed by atoms with van der Waals surface area (Å²) in [6.45, 7) is -1.25. The summed E-state index contributed by atoms with van der Waals surface area (Å²) in [6, 6.07) is 8.35. The molecule has 0 atom stereocenters. The Morgan fingerprint density at radius 1 is 1.03 bits per heavy atom. The summed E-state index contributed by atoms with van der Waals surface area (Å²) < 4.78 is 73.9. The minimum absolute atomic E-state index is 0.00743. The van der Waals surface area contributed by atoms with E-state index in [9.17, 15) is 31.1 Å². The van der Waals surface area contributed by atoms with Crippen molar-refractivity contribution in [2.24, 2.45) is 0 Å². The normalized spacial score (nSPS) is 14.1. The lowest BCUT2D eigenvalue weighted by Crippen LogP contribution is -2.27. The van der Waals surface area contributed by atoms with Crippen LogP contribution in [0.25, 0.3) is 22.2 Å². The number of rotatable bonds is 4. The van der Waals surface area contributed by atoms with Gasteiger partial charge in [0, 0.05) is 11.5 Å². The van der Waals surface area contributed by atoms with Crippen molar-refractivity contribution in [1.82, 2.24) is 10.3 Å². The molecular formula is C21H18F6N2O. The minimum atomic E-state index is -4.29. The van der Waals surface area contributed by atoms with Crippen molar-refractivity contribution in [2.75, 3.05) is 6.54 Å². The van der Waals surface area contributed by atoms with E-state index in [1.54, 1.807) is 12.1 Å². The number of aromatic nitrogens is 1. The molecule has 1 heterocycles. The number of amides is 1. The molecule has 1 saturated carbocycles. The summed E-state index contributed by atoms with van der Waals surface area (Å²) in [6.07, 6.45) is -1.13. The summed E-state index contributed by atoms with van der Waals surface area (Å²) in [7, 11) is 0. The zero-order valence-corrected chi connectivity index (χ0v) is 15.6. The maximum atomic E-state index is 14.1. The van der Waals surface area contributed by atoms with Crippen molar-refractivity contribution in [2.45, 2.75) is 31.4 Å². The highest BCUT2D eigenvalue weighted by atomic mass is 19.4. The summed E-state index contributed by atoms with van der Waals surface area (Å²) in [4.78, 5) is 12.3. The monoisotopic (exact) mass is 428 g/mol. The first kappa shape index (κ1) is 21.7. The molecule has 1 fully saturated rings. The molecule has 9 heteroatoms. The smallest absolute Gasteiger partial charge is 0.352 e. The molecule has 1 amide bonds. The van der Waals surface area contributed by atoms with Gasteiger partial charge in [-0.2, -0.15) is 13.2 Å². The topological polar surface area (TPSA) is 44.9 Å². The largest absolute Gasteiger partial charge is 0.405 e. The van der Waals surface area contributed by atoms with Crippen molar-refractivity contribution >= 4 is 17.3 Å². The third kappa shape index (κ3) is 4.95. The zero-order chi connectivity index (χ0) is 21.9. The third-order valence-electron chi connectivity index (χ3n) is 4.90. The first-order valence-corrected chi connectivity index (χ1v) is 9.20. The molecule has 1 aromatic heterocycles. The summed E-state index contributed by atoms with van der Waals surface area (Å²) in [5.41, 5.74) is 2.83. The van der Waals surface area contributed by atoms with Gasteiger partial charge in [-0.25, -0.2) is 13.2 Å². The first-order valence-electron chi connectivity index (χ1n) is 9.20. The van der Waals surface area contributed by atoms with Gasteiger partial charge in [-0.1, -0.05) is 6.42 Å². The van der Waals surface area contributed by atoms with Gasteiger partial charge in [-0.3, -0.25) is 4.79 Å². The van der Waals surface area contributed by atoms with Crippen molar-refractivity contribution in [3.63, 3.8) is 0 Å². The highest BCUT2D eigenvalue weighted by Gasteiger charge is 2.28. The fourth-order valence-electron chi connectivity index (χ4n) is 3.36. The Morgan fingerprint density at radius 3 is 2.20 bits per heavy atom. The van der Waals surface area contributed by atoms with Crippen LogP contribution in [0.3, 0.4) is 0 Å². The fraction of sp³-hybridized carbons (Fsp3) is 0.286. The molecule has 160 valence electrons. The molecule has 30 heavy (non-hydrogen) atoms. The van der Waals surface area contributed by atoms with Gasteiger partial charge in [0.2, 0.25) is 6.41 Å². The van der Waals surface area contributed by atoms with Crippen molar-refractivity contribution in [3.8, 4) is 11.3 Å². The van der Waals surface area contributed by atoms with E-state index in [0.29, 0.717) is 16.8 Å². The summed E-state index contributed by atoms with van der Waals surface area (Å²) in [5, 5.41) is 2.08. The van der Waals surface area contributed by atoms with E-state index in [1.807, 2.05) is 0 Å². The number of hydrogen-bond donors (Lipinski definition) is 2. The lowest BCUT2D eigenvalue weighted by atomic mass is 9.78. The molecule has 0 bridgehead atoms. The number of nitrogens with one attached hydrogen (secondary N) is 2. The first-order chi connectivity index (χ1) is 14.2. The molecule has 1 aliphatic rings. The van der Waals surface area contributed by atoms with Crippen LogP contribution in [0.1, 0.15) is 30.7 Å². The van der Waals surface area contributed by atoms with Crippen LogP contribution in [0.4, 0.5) is 26.3 Å². The molecular weight excluding hydrogens is 410 g/mol. The third-order valence-corrected chi connectivity index (χ3v) is 4.90. The Balaban J connectivity index is 0.000000275. The Morgan fingerprint density at radius 2 is 1.70 bits per heavy atom. The van der Waals surface area contributed by atoms with E-state index in [1.165, 1.54) is 23.5 Å². The van der Waals surface area contributed by atoms with Crippen LogP contribution in [0.15, 0.2) is 36.4 Å². The van der Waals surface area contributed by atoms with E-state index >= 15 is 0 Å².